The minimum Gasteiger partial charge on any atom is -0.423 e. The fraction of sp³-hybridized carbons (Fsp3) is 0.350. The van der Waals surface area contributed by atoms with E-state index in [0.29, 0.717) is 38.7 Å². The summed E-state index contributed by atoms with van der Waals surface area (Å²) < 4.78 is 5.86. The zero-order valence-corrected chi connectivity index (χ0v) is 15.6. The Bertz CT molecular complexity index is 960. The van der Waals surface area contributed by atoms with Gasteiger partial charge in [0.2, 0.25) is 0 Å². The lowest BCUT2D eigenvalue weighted by Gasteiger charge is -2.33. The maximum absolute atomic E-state index is 12.4. The molecule has 2 amide bonds. The molecule has 0 spiro atoms. The van der Waals surface area contributed by atoms with Gasteiger partial charge >= 0.3 is 6.03 Å². The maximum atomic E-state index is 12.4. The third-order valence-corrected chi connectivity index (χ3v) is 4.74. The summed E-state index contributed by atoms with van der Waals surface area (Å²) in [7, 11) is 0. The van der Waals surface area contributed by atoms with Gasteiger partial charge in [-0.3, -0.25) is 4.98 Å². The second-order valence-electron chi connectivity index (χ2n) is 6.97. The van der Waals surface area contributed by atoms with Crippen molar-refractivity contribution in [2.24, 2.45) is 0 Å². The summed E-state index contributed by atoms with van der Waals surface area (Å²) in [5.41, 5.74) is 4.92. The number of hydrogen-bond acceptors (Lipinski definition) is 5. The molecule has 3 aromatic rings. The molecule has 1 fully saturated rings. The van der Waals surface area contributed by atoms with E-state index in [0.717, 1.165) is 27.8 Å². The van der Waals surface area contributed by atoms with E-state index in [1.807, 2.05) is 43.0 Å². The van der Waals surface area contributed by atoms with Crippen molar-refractivity contribution in [2.45, 2.75) is 20.4 Å². The minimum atomic E-state index is -0.0515. The Morgan fingerprint density at radius 3 is 2.70 bits per heavy atom. The van der Waals surface area contributed by atoms with Crippen LogP contribution in [0.5, 0.6) is 0 Å². The number of aryl methyl sites for hydroxylation is 2. The largest absolute Gasteiger partial charge is 0.423 e. The number of benzene rings is 1. The molecule has 0 atom stereocenters. The number of pyridine rings is 1. The zero-order chi connectivity index (χ0) is 18.8. The highest BCUT2D eigenvalue weighted by molar-refractivity contribution is 5.76. The predicted molar refractivity (Wildman–Crippen MR) is 104 cm³/mol. The molecular formula is C20H23N5O2. The van der Waals surface area contributed by atoms with Crippen molar-refractivity contribution in [2.75, 3.05) is 31.1 Å². The number of rotatable bonds is 3. The molecule has 3 heterocycles. The number of fused-ring (bicyclic) bond motifs is 1. The quantitative estimate of drug-likeness (QED) is 0.772. The molecule has 0 radical (unpaired) electrons. The van der Waals surface area contributed by atoms with Gasteiger partial charge in [-0.2, -0.15) is 4.98 Å². The van der Waals surface area contributed by atoms with Crippen molar-refractivity contribution in [3.8, 4) is 0 Å². The molecule has 7 nitrogen and oxygen atoms in total. The average Bonchev–Trinajstić information content (AvgIpc) is 3.09. The van der Waals surface area contributed by atoms with E-state index in [9.17, 15) is 4.79 Å². The molecule has 0 bridgehead atoms. The molecule has 1 aliphatic heterocycles. The average molecular weight is 365 g/mol. The summed E-state index contributed by atoms with van der Waals surface area (Å²) in [6, 6.07) is 8.59. The van der Waals surface area contributed by atoms with Gasteiger partial charge in [0.05, 0.1) is 0 Å². The third kappa shape index (κ3) is 3.86. The molecule has 1 aromatic carbocycles. The fourth-order valence-corrected chi connectivity index (χ4v) is 3.27. The normalized spacial score (nSPS) is 14.6. The van der Waals surface area contributed by atoms with Gasteiger partial charge in [0.1, 0.15) is 5.52 Å². The molecule has 140 valence electrons. The number of anilines is 1. The summed E-state index contributed by atoms with van der Waals surface area (Å²) in [5, 5.41) is 2.97. The highest BCUT2D eigenvalue weighted by Gasteiger charge is 2.24. The Kier molecular flexibility index (Phi) is 4.66. The van der Waals surface area contributed by atoms with Crippen molar-refractivity contribution in [1.82, 2.24) is 20.2 Å². The van der Waals surface area contributed by atoms with Crippen LogP contribution in [0.25, 0.3) is 11.1 Å². The van der Waals surface area contributed by atoms with E-state index in [1.165, 1.54) is 0 Å². The highest BCUT2D eigenvalue weighted by Crippen LogP contribution is 2.23. The fourth-order valence-electron chi connectivity index (χ4n) is 3.27. The van der Waals surface area contributed by atoms with Gasteiger partial charge in [-0.1, -0.05) is 12.1 Å². The highest BCUT2D eigenvalue weighted by atomic mass is 16.4. The van der Waals surface area contributed by atoms with Crippen LogP contribution < -0.4 is 10.2 Å². The lowest BCUT2D eigenvalue weighted by molar-refractivity contribution is 0.193. The number of oxazole rings is 1. The first-order valence-electron chi connectivity index (χ1n) is 9.14. The topological polar surface area (TPSA) is 74.5 Å². The minimum absolute atomic E-state index is 0.0515. The molecule has 27 heavy (non-hydrogen) atoms. The third-order valence-electron chi connectivity index (χ3n) is 4.74. The summed E-state index contributed by atoms with van der Waals surface area (Å²) in [5.74, 6) is 0. The molecular weight excluding hydrogens is 342 g/mol. The SMILES string of the molecule is Cc1cncc(CNC(=O)N2CCN(c3nc4cc(C)ccc4o3)CC2)c1. The zero-order valence-electron chi connectivity index (χ0n) is 15.6. The molecule has 0 saturated carbocycles. The molecule has 0 unspecified atom stereocenters. The molecule has 2 aromatic heterocycles. The van der Waals surface area contributed by atoms with Crippen LogP contribution in [0.3, 0.4) is 0 Å². The van der Waals surface area contributed by atoms with Gasteiger partial charge in [-0.25, -0.2) is 4.79 Å². The number of amides is 2. The first-order chi connectivity index (χ1) is 13.1. The van der Waals surface area contributed by atoms with E-state index < -0.39 is 0 Å². The first kappa shape index (κ1) is 17.3. The van der Waals surface area contributed by atoms with E-state index in [2.05, 4.69) is 20.2 Å². The summed E-state index contributed by atoms with van der Waals surface area (Å²) in [4.78, 5) is 25.1. The van der Waals surface area contributed by atoms with Gasteiger partial charge in [0, 0.05) is 45.1 Å². The van der Waals surface area contributed by atoms with E-state index >= 15 is 0 Å². The smallest absolute Gasteiger partial charge is 0.317 e. The first-order valence-corrected chi connectivity index (χ1v) is 9.14. The van der Waals surface area contributed by atoms with Crippen molar-refractivity contribution in [3.05, 3.63) is 53.3 Å². The Labute approximate surface area is 158 Å². The number of carbonyl (C=O) groups is 1. The second-order valence-corrected chi connectivity index (χ2v) is 6.97. The van der Waals surface area contributed by atoms with Crippen LogP contribution in [0.4, 0.5) is 10.8 Å². The number of piperazine rings is 1. The standard InChI is InChI=1S/C20H23N5O2/c1-14-3-4-18-17(10-14)23-20(27-18)25-7-5-24(6-8-25)19(26)22-13-16-9-15(2)11-21-12-16/h3-4,9-12H,5-8,13H2,1-2H3,(H,22,26). The van der Waals surface area contributed by atoms with Crippen LogP contribution in [0.15, 0.2) is 41.1 Å². The molecule has 0 aliphatic carbocycles. The van der Waals surface area contributed by atoms with Gasteiger partial charge in [-0.15, -0.1) is 0 Å². The van der Waals surface area contributed by atoms with Crippen LogP contribution >= 0.6 is 0 Å². The molecule has 7 heteroatoms. The predicted octanol–water partition coefficient (Wildman–Crippen LogP) is 2.87. The van der Waals surface area contributed by atoms with Crippen LogP contribution in [-0.2, 0) is 6.54 Å². The van der Waals surface area contributed by atoms with E-state index in [-0.39, 0.29) is 6.03 Å². The van der Waals surface area contributed by atoms with Crippen molar-refractivity contribution in [1.29, 1.82) is 0 Å². The number of carbonyl (C=O) groups excluding carboxylic acids is 1. The molecule has 1 saturated heterocycles. The summed E-state index contributed by atoms with van der Waals surface area (Å²) >= 11 is 0. The van der Waals surface area contributed by atoms with Gasteiger partial charge < -0.3 is 19.5 Å². The van der Waals surface area contributed by atoms with Crippen LogP contribution in [-0.4, -0.2) is 47.1 Å². The van der Waals surface area contributed by atoms with Crippen molar-refractivity contribution < 1.29 is 9.21 Å². The van der Waals surface area contributed by atoms with E-state index in [1.54, 1.807) is 12.4 Å². The Hall–Kier alpha value is -3.09. The molecule has 4 rings (SSSR count). The van der Waals surface area contributed by atoms with Crippen molar-refractivity contribution >= 4 is 23.1 Å². The lowest BCUT2D eigenvalue weighted by Crippen LogP contribution is -2.51. The Balaban J connectivity index is 1.33. The van der Waals surface area contributed by atoms with Crippen LogP contribution in [0.2, 0.25) is 0 Å². The number of hydrogen-bond donors (Lipinski definition) is 1. The Morgan fingerprint density at radius 2 is 1.93 bits per heavy atom. The summed E-state index contributed by atoms with van der Waals surface area (Å²) in [6.45, 7) is 7.18. The van der Waals surface area contributed by atoms with Crippen molar-refractivity contribution in [3.63, 3.8) is 0 Å². The second kappa shape index (κ2) is 7.26. The number of nitrogens with one attached hydrogen (secondary N) is 1. The van der Waals surface area contributed by atoms with Crippen LogP contribution in [0.1, 0.15) is 16.7 Å². The number of nitrogens with zero attached hydrogens (tertiary/aromatic N) is 4. The number of urea groups is 1. The summed E-state index contributed by atoms with van der Waals surface area (Å²) in [6.07, 6.45) is 3.58. The Morgan fingerprint density at radius 1 is 1.11 bits per heavy atom. The van der Waals surface area contributed by atoms with Gasteiger partial charge in [-0.05, 0) is 42.7 Å². The maximum Gasteiger partial charge on any atom is 0.317 e. The van der Waals surface area contributed by atoms with Gasteiger partial charge in [0.15, 0.2) is 5.58 Å². The monoisotopic (exact) mass is 365 g/mol. The molecule has 1 aliphatic rings. The van der Waals surface area contributed by atoms with E-state index in [4.69, 9.17) is 4.42 Å². The lowest BCUT2D eigenvalue weighted by atomic mass is 10.2. The number of aromatic nitrogens is 2. The van der Waals surface area contributed by atoms with Crippen LogP contribution in [0, 0.1) is 13.8 Å². The molecule has 1 N–H and O–H groups in total. The van der Waals surface area contributed by atoms with Gasteiger partial charge in [0.25, 0.3) is 6.01 Å².